The van der Waals surface area contributed by atoms with Crippen molar-refractivity contribution in [2.45, 2.75) is 63.3 Å². The van der Waals surface area contributed by atoms with Crippen molar-refractivity contribution in [3.63, 3.8) is 0 Å². The van der Waals surface area contributed by atoms with Gasteiger partial charge in [0, 0.05) is 67.8 Å². The first-order chi connectivity index (χ1) is 28.5. The Balaban J connectivity index is 1.22. The van der Waals surface area contributed by atoms with E-state index >= 15 is 4.21 Å². The second-order valence-corrected chi connectivity index (χ2v) is 18.6. The molecule has 59 heavy (non-hydrogen) atoms. The van der Waals surface area contributed by atoms with Crippen LogP contribution in [0.2, 0.25) is 5.02 Å². The molecule has 14 nitrogen and oxygen atoms in total. The molecule has 1 saturated carbocycles. The van der Waals surface area contributed by atoms with Crippen LogP contribution in [0.25, 0.3) is 0 Å². The van der Waals surface area contributed by atoms with Crippen LogP contribution in [0.3, 0.4) is 0 Å². The van der Waals surface area contributed by atoms with E-state index in [0.717, 1.165) is 37.8 Å². The molecule has 4 aromatic rings. The number of aryl methyl sites for hydroxylation is 2. The van der Waals surface area contributed by atoms with E-state index in [9.17, 15) is 9.59 Å². The number of hydrogen-bond donors (Lipinski definition) is 1. The van der Waals surface area contributed by atoms with Crippen LogP contribution in [0.4, 0.5) is 5.69 Å². The normalized spacial score (nSPS) is 28.5. The fourth-order valence-corrected chi connectivity index (χ4v) is 11.2. The van der Waals surface area contributed by atoms with Gasteiger partial charge in [-0.25, -0.2) is 14.2 Å². The lowest BCUT2D eigenvalue weighted by molar-refractivity contribution is 0.00971. The summed E-state index contributed by atoms with van der Waals surface area (Å²) in [7, 11) is 0.931. The molecule has 2 aliphatic carbocycles. The van der Waals surface area contributed by atoms with Crippen molar-refractivity contribution in [1.82, 2.24) is 24.5 Å². The highest BCUT2D eigenvalue weighted by molar-refractivity contribution is 7.92. The first kappa shape index (κ1) is 40.9. The van der Waals surface area contributed by atoms with Crippen molar-refractivity contribution in [3.05, 3.63) is 106 Å². The molecule has 0 saturated heterocycles. The van der Waals surface area contributed by atoms with Gasteiger partial charge in [-0.3, -0.25) is 19.0 Å². The molecule has 4 aliphatic rings. The van der Waals surface area contributed by atoms with Crippen molar-refractivity contribution < 1.29 is 32.7 Å². The lowest BCUT2D eigenvalue weighted by Crippen LogP contribution is -2.49. The van der Waals surface area contributed by atoms with Crippen LogP contribution < -0.4 is 19.1 Å². The second kappa shape index (κ2) is 17.0. The second-order valence-electron chi connectivity index (χ2n) is 16.2. The SMILES string of the molecule is COc1nn(C)cc1C(=O)NS1(=O)=NC(=O)c2ccc3c(c2)N(C[C@@H]2CC[C@H]2[C@@H](OC)/C=C/[C@H](OCc2ncccn2)[C@H](C)C1)C[C@@]1(CCCc2cc(Cl)ccc21)CO3. The molecule has 2 aliphatic heterocycles. The molecule has 7 atom stereocenters. The van der Waals surface area contributed by atoms with E-state index in [-0.39, 0.29) is 52.7 Å². The van der Waals surface area contributed by atoms with Crippen LogP contribution in [-0.4, -0.2) is 87.6 Å². The molecule has 2 aromatic heterocycles. The van der Waals surface area contributed by atoms with Crippen molar-refractivity contribution in [2.24, 2.45) is 29.2 Å². The minimum Gasteiger partial charge on any atom is -0.490 e. The highest BCUT2D eigenvalue weighted by Gasteiger charge is 2.44. The molecule has 1 spiro atoms. The minimum atomic E-state index is -3.82. The summed E-state index contributed by atoms with van der Waals surface area (Å²) in [6.45, 7) is 3.75. The Hall–Kier alpha value is -4.83. The van der Waals surface area contributed by atoms with Gasteiger partial charge in [0.2, 0.25) is 5.88 Å². The predicted octanol–water partition coefficient (Wildman–Crippen LogP) is 6.13. The summed E-state index contributed by atoms with van der Waals surface area (Å²) >= 11 is 6.50. The number of anilines is 1. The molecular weight excluding hydrogens is 794 g/mol. The molecule has 2 aromatic carbocycles. The minimum absolute atomic E-state index is 0.0415. The van der Waals surface area contributed by atoms with E-state index in [0.29, 0.717) is 36.3 Å². The van der Waals surface area contributed by atoms with E-state index in [4.69, 9.17) is 30.5 Å². The highest BCUT2D eigenvalue weighted by atomic mass is 35.5. The zero-order chi connectivity index (χ0) is 41.3. The number of halogens is 1. The summed E-state index contributed by atoms with van der Waals surface area (Å²) in [5, 5.41) is 4.90. The van der Waals surface area contributed by atoms with Gasteiger partial charge in [0.25, 0.3) is 11.8 Å². The number of carbonyl (C=O) groups excluding carboxylic acids is 2. The van der Waals surface area contributed by atoms with Crippen LogP contribution in [0.15, 0.2) is 77.6 Å². The van der Waals surface area contributed by atoms with Gasteiger partial charge in [-0.1, -0.05) is 36.7 Å². The third-order valence-electron chi connectivity index (χ3n) is 12.2. The molecule has 1 unspecified atom stereocenters. The monoisotopic (exact) mass is 843 g/mol. The van der Waals surface area contributed by atoms with Gasteiger partial charge in [0.15, 0.2) is 5.82 Å². The topological polar surface area (TPSA) is 159 Å². The van der Waals surface area contributed by atoms with Crippen molar-refractivity contribution in [3.8, 4) is 11.6 Å². The first-order valence-corrected chi connectivity index (χ1v) is 22.1. The number of methoxy groups -OCH3 is 2. The number of carbonyl (C=O) groups is 2. The number of nitrogens with one attached hydrogen (secondary N) is 1. The summed E-state index contributed by atoms with van der Waals surface area (Å²) in [6, 6.07) is 13.1. The summed E-state index contributed by atoms with van der Waals surface area (Å²) < 4.78 is 48.1. The zero-order valence-corrected chi connectivity index (χ0v) is 35.3. The number of ether oxygens (including phenoxy) is 4. The molecule has 1 fully saturated rings. The first-order valence-electron chi connectivity index (χ1n) is 20.0. The number of amides is 2. The summed E-state index contributed by atoms with van der Waals surface area (Å²) in [5.41, 5.74) is 3.19. The van der Waals surface area contributed by atoms with Gasteiger partial charge < -0.3 is 23.8 Å². The number of fused-ring (bicyclic) bond motifs is 4. The lowest BCUT2D eigenvalue weighted by atomic mass is 9.68. The van der Waals surface area contributed by atoms with Gasteiger partial charge in [-0.15, -0.1) is 9.46 Å². The van der Waals surface area contributed by atoms with Crippen molar-refractivity contribution >= 4 is 39.0 Å². The standard InChI is InChI=1S/C43H50ClN7O7S/c1-27-24-59(54,49-41(53)33-22-50(2)47-42(33)56-4)48-40(52)29-9-13-38-35(20-29)51(25-43(26-58-38)16-5-7-28-19-31(44)10-12-34(28)43)21-30-8-11-32(30)37(55-3)15-14-36(27)57-23-39-45-17-6-18-46-39/h6,9-10,12-15,17-20,22,27,30,32,36-37H,5,7-8,11,16,21,23-26H2,1-4H3,(H,48,49,52,53,54)/b15-14+/t27-,30+,32-,36+,37+,43+,59?/m1/s1. The molecular formula is C43H50ClN7O7S. The summed E-state index contributed by atoms with van der Waals surface area (Å²) in [4.78, 5) is 39.2. The van der Waals surface area contributed by atoms with E-state index < -0.39 is 33.8 Å². The smallest absolute Gasteiger partial charge is 0.286 e. The Labute approximate surface area is 349 Å². The fourth-order valence-electron chi connectivity index (χ4n) is 9.10. The van der Waals surface area contributed by atoms with Crippen molar-refractivity contribution in [1.29, 1.82) is 0 Å². The van der Waals surface area contributed by atoms with Crippen LogP contribution in [-0.2, 0) is 44.9 Å². The van der Waals surface area contributed by atoms with Gasteiger partial charge in [0.05, 0.1) is 37.4 Å². The Kier molecular flexibility index (Phi) is 11.8. The molecule has 1 N–H and O–H groups in total. The van der Waals surface area contributed by atoms with Gasteiger partial charge >= 0.3 is 0 Å². The third-order valence-corrected chi connectivity index (χ3v) is 14.4. The van der Waals surface area contributed by atoms with E-state index in [1.165, 1.54) is 29.1 Å². The Morgan fingerprint density at radius 2 is 1.92 bits per heavy atom. The molecule has 4 heterocycles. The molecule has 312 valence electrons. The average Bonchev–Trinajstić information content (AvgIpc) is 3.53. The van der Waals surface area contributed by atoms with Crippen molar-refractivity contribution in [2.75, 3.05) is 44.6 Å². The molecule has 2 bridgehead atoms. The van der Waals surface area contributed by atoms with E-state index in [1.54, 1.807) is 50.8 Å². The van der Waals surface area contributed by atoms with Crippen LogP contribution in [0.1, 0.15) is 70.3 Å². The van der Waals surface area contributed by atoms with Gasteiger partial charge in [-0.05, 0) is 91.5 Å². The van der Waals surface area contributed by atoms with Crippen LogP contribution in [0, 0.1) is 17.8 Å². The molecule has 0 radical (unpaired) electrons. The third kappa shape index (κ3) is 8.61. The molecule has 2 amide bonds. The predicted molar refractivity (Wildman–Crippen MR) is 223 cm³/mol. The van der Waals surface area contributed by atoms with E-state index in [1.807, 2.05) is 25.1 Å². The largest absolute Gasteiger partial charge is 0.490 e. The molecule has 8 rings (SSSR count). The maximum Gasteiger partial charge on any atom is 0.286 e. The average molecular weight is 844 g/mol. The summed E-state index contributed by atoms with van der Waals surface area (Å²) in [6.07, 6.45) is 12.7. The summed E-state index contributed by atoms with van der Waals surface area (Å²) in [5.74, 6) is -0.581. The zero-order valence-electron chi connectivity index (χ0n) is 33.7. The Morgan fingerprint density at radius 1 is 1.10 bits per heavy atom. The Bertz CT molecular complexity index is 2370. The number of nitrogens with zero attached hydrogens (tertiary/aromatic N) is 6. The van der Waals surface area contributed by atoms with Gasteiger partial charge in [0.1, 0.15) is 27.8 Å². The lowest BCUT2D eigenvalue weighted by Gasteiger charge is -2.46. The Morgan fingerprint density at radius 3 is 2.68 bits per heavy atom. The maximum atomic E-state index is 15.1. The van der Waals surface area contributed by atoms with Crippen LogP contribution >= 0.6 is 11.6 Å². The number of rotatable bonds is 7. The quantitative estimate of drug-likeness (QED) is 0.213. The molecule has 16 heteroatoms. The van der Waals surface area contributed by atoms with Gasteiger partial charge in [-0.2, -0.15) is 0 Å². The highest BCUT2D eigenvalue weighted by Crippen LogP contribution is 2.47. The van der Waals surface area contributed by atoms with E-state index in [2.05, 4.69) is 41.2 Å². The van der Waals surface area contributed by atoms with Crippen LogP contribution in [0.5, 0.6) is 11.6 Å². The number of aromatic nitrogens is 4. The number of hydrogen-bond acceptors (Lipinski definition) is 11. The maximum absolute atomic E-state index is 15.1. The fraction of sp³-hybridized carbons (Fsp3) is 0.465. The number of benzene rings is 2.